The molecule has 1 aromatic carbocycles. The molecule has 0 radical (unpaired) electrons. The van der Waals surface area contributed by atoms with E-state index in [-0.39, 0.29) is 11.6 Å². The van der Waals surface area contributed by atoms with Crippen molar-refractivity contribution in [3.63, 3.8) is 0 Å². The molecule has 0 aliphatic heterocycles. The summed E-state index contributed by atoms with van der Waals surface area (Å²) in [5, 5.41) is 8.50. The van der Waals surface area contributed by atoms with Crippen molar-refractivity contribution in [3.8, 4) is 0 Å². The number of thioether (sulfide) groups is 1. The molecule has 0 spiro atoms. The molecule has 0 amide bonds. The Balaban J connectivity index is 2.24. The van der Waals surface area contributed by atoms with Gasteiger partial charge in [0.15, 0.2) is 0 Å². The van der Waals surface area contributed by atoms with Gasteiger partial charge >= 0.3 is 0 Å². The summed E-state index contributed by atoms with van der Waals surface area (Å²) in [4.78, 5) is 12.0. The molecule has 2 rings (SSSR count). The van der Waals surface area contributed by atoms with Crippen LogP contribution in [0.4, 0.5) is 0 Å². The summed E-state index contributed by atoms with van der Waals surface area (Å²) in [6.45, 7) is 1.93. The van der Waals surface area contributed by atoms with Crippen LogP contribution in [0.3, 0.4) is 0 Å². The summed E-state index contributed by atoms with van der Waals surface area (Å²) >= 11 is 1.57. The normalized spacial score (nSPS) is 12.8. The highest BCUT2D eigenvalue weighted by Gasteiger charge is 2.04. The SMILES string of the molecule is CC(N)CSCn1nnc2ccccc2c1=O. The van der Waals surface area contributed by atoms with Crippen LogP contribution < -0.4 is 11.3 Å². The van der Waals surface area contributed by atoms with Gasteiger partial charge in [-0.15, -0.1) is 16.9 Å². The van der Waals surface area contributed by atoms with Crippen LogP contribution in [0.25, 0.3) is 10.9 Å². The second-order valence-electron chi connectivity index (χ2n) is 3.89. The average molecular weight is 250 g/mol. The van der Waals surface area contributed by atoms with E-state index in [1.807, 2.05) is 19.1 Å². The zero-order chi connectivity index (χ0) is 12.3. The van der Waals surface area contributed by atoms with Crippen molar-refractivity contribution in [2.75, 3.05) is 5.75 Å². The zero-order valence-electron chi connectivity index (χ0n) is 9.54. The Morgan fingerprint density at radius 3 is 3.00 bits per heavy atom. The molecular formula is C11H14N4OS. The lowest BCUT2D eigenvalue weighted by molar-refractivity contribution is 0.644. The summed E-state index contributed by atoms with van der Waals surface area (Å²) in [6, 6.07) is 7.32. The molecule has 5 nitrogen and oxygen atoms in total. The van der Waals surface area contributed by atoms with Gasteiger partial charge in [-0.25, -0.2) is 4.68 Å². The van der Waals surface area contributed by atoms with Crippen molar-refractivity contribution in [3.05, 3.63) is 34.6 Å². The monoisotopic (exact) mass is 250 g/mol. The molecule has 6 heteroatoms. The zero-order valence-corrected chi connectivity index (χ0v) is 10.4. The van der Waals surface area contributed by atoms with Crippen LogP contribution in [0.5, 0.6) is 0 Å². The smallest absolute Gasteiger partial charge is 0.278 e. The molecule has 0 saturated heterocycles. The van der Waals surface area contributed by atoms with E-state index in [2.05, 4.69) is 10.3 Å². The van der Waals surface area contributed by atoms with Crippen LogP contribution in [0.1, 0.15) is 6.92 Å². The van der Waals surface area contributed by atoms with Gasteiger partial charge in [0.2, 0.25) is 0 Å². The summed E-state index contributed by atoms with van der Waals surface area (Å²) in [6.07, 6.45) is 0. The van der Waals surface area contributed by atoms with Gasteiger partial charge in [0.05, 0.1) is 11.3 Å². The van der Waals surface area contributed by atoms with Crippen LogP contribution >= 0.6 is 11.8 Å². The summed E-state index contributed by atoms with van der Waals surface area (Å²) in [5.41, 5.74) is 6.17. The Kier molecular flexibility index (Phi) is 3.75. The van der Waals surface area contributed by atoms with E-state index in [9.17, 15) is 4.79 Å². The lowest BCUT2D eigenvalue weighted by atomic mass is 10.2. The number of benzene rings is 1. The minimum atomic E-state index is -0.104. The maximum absolute atomic E-state index is 12.0. The summed E-state index contributed by atoms with van der Waals surface area (Å²) in [5.74, 6) is 1.28. The Bertz CT molecular complexity index is 567. The Morgan fingerprint density at radius 1 is 1.47 bits per heavy atom. The standard InChI is InChI=1S/C11H14N4OS/c1-8(12)6-17-7-15-11(16)9-4-2-3-5-10(9)13-14-15/h2-5,8H,6-7,12H2,1H3. The highest BCUT2D eigenvalue weighted by molar-refractivity contribution is 7.98. The molecule has 0 aliphatic carbocycles. The Labute approximate surface area is 103 Å². The first-order valence-electron chi connectivity index (χ1n) is 5.34. The first-order chi connectivity index (χ1) is 8.18. The molecule has 17 heavy (non-hydrogen) atoms. The van der Waals surface area contributed by atoms with Crippen molar-refractivity contribution < 1.29 is 0 Å². The Morgan fingerprint density at radius 2 is 2.24 bits per heavy atom. The van der Waals surface area contributed by atoms with E-state index in [4.69, 9.17) is 5.73 Å². The third-order valence-corrected chi connectivity index (χ3v) is 3.41. The highest BCUT2D eigenvalue weighted by atomic mass is 32.2. The molecule has 1 aromatic heterocycles. The van der Waals surface area contributed by atoms with Gasteiger partial charge in [0.1, 0.15) is 5.52 Å². The average Bonchev–Trinajstić information content (AvgIpc) is 2.32. The van der Waals surface area contributed by atoms with Crippen molar-refractivity contribution in [2.45, 2.75) is 18.8 Å². The maximum atomic E-state index is 12.0. The topological polar surface area (TPSA) is 73.8 Å². The van der Waals surface area contributed by atoms with Crippen molar-refractivity contribution in [1.29, 1.82) is 0 Å². The van der Waals surface area contributed by atoms with Crippen LogP contribution in [0.15, 0.2) is 29.1 Å². The second kappa shape index (κ2) is 5.29. The number of fused-ring (bicyclic) bond motifs is 1. The second-order valence-corrected chi connectivity index (χ2v) is 4.89. The van der Waals surface area contributed by atoms with Crippen LogP contribution in [0.2, 0.25) is 0 Å². The van der Waals surface area contributed by atoms with Gasteiger partial charge in [-0.1, -0.05) is 17.3 Å². The number of hydrogen-bond acceptors (Lipinski definition) is 5. The van der Waals surface area contributed by atoms with E-state index in [1.54, 1.807) is 23.9 Å². The minimum absolute atomic E-state index is 0.104. The molecule has 1 atom stereocenters. The predicted octanol–water partition coefficient (Wildman–Crippen LogP) is 0.829. The summed E-state index contributed by atoms with van der Waals surface area (Å²) < 4.78 is 1.37. The number of nitrogens with two attached hydrogens (primary N) is 1. The molecule has 0 saturated carbocycles. The molecular weight excluding hydrogens is 236 g/mol. The highest BCUT2D eigenvalue weighted by Crippen LogP contribution is 2.06. The molecule has 2 aromatic rings. The third-order valence-electron chi connectivity index (χ3n) is 2.22. The fourth-order valence-electron chi connectivity index (χ4n) is 1.43. The molecule has 1 unspecified atom stereocenters. The number of aromatic nitrogens is 3. The van der Waals surface area contributed by atoms with Crippen LogP contribution in [-0.2, 0) is 5.88 Å². The fourth-order valence-corrected chi connectivity index (χ4v) is 2.25. The van der Waals surface area contributed by atoms with Crippen LogP contribution in [-0.4, -0.2) is 26.8 Å². The lowest BCUT2D eigenvalue weighted by Gasteiger charge is -2.06. The van der Waals surface area contributed by atoms with Crippen LogP contribution in [0, 0.1) is 0 Å². The molecule has 90 valence electrons. The molecule has 0 fully saturated rings. The largest absolute Gasteiger partial charge is 0.327 e. The number of hydrogen-bond donors (Lipinski definition) is 1. The first-order valence-corrected chi connectivity index (χ1v) is 6.50. The van der Waals surface area contributed by atoms with E-state index < -0.39 is 0 Å². The van der Waals surface area contributed by atoms with Gasteiger partial charge < -0.3 is 5.73 Å². The number of nitrogens with zero attached hydrogens (tertiary/aromatic N) is 3. The van der Waals surface area contributed by atoms with Gasteiger partial charge in [-0.05, 0) is 19.1 Å². The van der Waals surface area contributed by atoms with Gasteiger partial charge in [0, 0.05) is 11.8 Å². The van der Waals surface area contributed by atoms with Gasteiger partial charge in [-0.3, -0.25) is 4.79 Å². The fraction of sp³-hybridized carbons (Fsp3) is 0.364. The van der Waals surface area contributed by atoms with Crippen molar-refractivity contribution in [1.82, 2.24) is 15.0 Å². The summed E-state index contributed by atoms with van der Waals surface area (Å²) in [7, 11) is 0. The number of rotatable bonds is 4. The van der Waals surface area contributed by atoms with E-state index in [1.165, 1.54) is 4.68 Å². The van der Waals surface area contributed by atoms with Crippen molar-refractivity contribution in [2.24, 2.45) is 5.73 Å². The van der Waals surface area contributed by atoms with Gasteiger partial charge in [0.25, 0.3) is 5.56 Å². The van der Waals surface area contributed by atoms with Crippen molar-refractivity contribution >= 4 is 22.7 Å². The minimum Gasteiger partial charge on any atom is -0.327 e. The molecule has 0 bridgehead atoms. The predicted molar refractivity (Wildman–Crippen MR) is 69.9 cm³/mol. The molecule has 0 aliphatic rings. The maximum Gasteiger partial charge on any atom is 0.278 e. The Hall–Kier alpha value is -1.40. The third kappa shape index (κ3) is 2.83. The van der Waals surface area contributed by atoms with E-state index >= 15 is 0 Å². The van der Waals surface area contributed by atoms with E-state index in [0.717, 1.165) is 5.75 Å². The quantitative estimate of drug-likeness (QED) is 0.870. The van der Waals surface area contributed by atoms with E-state index in [0.29, 0.717) is 16.8 Å². The molecule has 1 heterocycles. The molecule has 2 N–H and O–H groups in total. The first kappa shape index (κ1) is 12.1. The lowest BCUT2D eigenvalue weighted by Crippen LogP contribution is -2.25. The van der Waals surface area contributed by atoms with Gasteiger partial charge in [-0.2, -0.15) is 0 Å².